The van der Waals surface area contributed by atoms with Crippen LogP contribution in [0, 0.1) is 11.8 Å². The van der Waals surface area contributed by atoms with Gasteiger partial charge >= 0.3 is 5.97 Å². The highest BCUT2D eigenvalue weighted by atomic mass is 28.4. The first-order valence-electron chi connectivity index (χ1n) is 8.21. The predicted octanol–water partition coefficient (Wildman–Crippen LogP) is 5.01. The first-order chi connectivity index (χ1) is 9.40. The second-order valence-electron chi connectivity index (χ2n) is 7.95. The summed E-state index contributed by atoms with van der Waals surface area (Å²) in [6.45, 7) is 20.1. The second kappa shape index (κ2) is 8.32. The van der Waals surface area contributed by atoms with Crippen LogP contribution in [0.15, 0.2) is 0 Å². The van der Waals surface area contributed by atoms with E-state index in [0.717, 1.165) is 19.4 Å². The lowest BCUT2D eigenvalue weighted by Gasteiger charge is -2.37. The fourth-order valence-electron chi connectivity index (χ4n) is 2.24. The van der Waals surface area contributed by atoms with E-state index in [0.29, 0.717) is 11.8 Å². The van der Waals surface area contributed by atoms with Crippen molar-refractivity contribution in [1.29, 1.82) is 0 Å². The van der Waals surface area contributed by atoms with Gasteiger partial charge in [-0.1, -0.05) is 41.5 Å². The number of rotatable bonds is 8. The number of carbonyl (C=O) groups is 1. The zero-order chi connectivity index (χ0) is 16.8. The second-order valence-corrected chi connectivity index (χ2v) is 12.8. The van der Waals surface area contributed by atoms with Crippen molar-refractivity contribution in [3.05, 3.63) is 0 Å². The summed E-state index contributed by atoms with van der Waals surface area (Å²) in [7, 11) is -1.67. The molecule has 3 atom stereocenters. The van der Waals surface area contributed by atoms with Crippen LogP contribution in [0.5, 0.6) is 0 Å². The lowest BCUT2D eigenvalue weighted by molar-refractivity contribution is -0.149. The lowest BCUT2D eigenvalue weighted by Crippen LogP contribution is -2.42. The molecule has 0 amide bonds. The van der Waals surface area contributed by atoms with Crippen LogP contribution in [0.2, 0.25) is 18.1 Å². The third-order valence-corrected chi connectivity index (χ3v) is 9.16. The van der Waals surface area contributed by atoms with E-state index in [1.165, 1.54) is 6.92 Å². The SMILES string of the molecule is CC[C@@H](OC(C)=O)[C@@H](C)C[C@@H](C)CO[Si](C)(C)C(C)(C)C. The van der Waals surface area contributed by atoms with Gasteiger partial charge in [0.15, 0.2) is 8.32 Å². The molecule has 4 heteroatoms. The van der Waals surface area contributed by atoms with Crippen molar-refractivity contribution in [3.63, 3.8) is 0 Å². The summed E-state index contributed by atoms with van der Waals surface area (Å²) in [5.41, 5.74) is 0. The molecule has 0 saturated carbocycles. The van der Waals surface area contributed by atoms with Crippen LogP contribution in [0.25, 0.3) is 0 Å². The summed E-state index contributed by atoms with van der Waals surface area (Å²) in [6.07, 6.45) is 1.93. The molecule has 0 saturated heterocycles. The van der Waals surface area contributed by atoms with Crippen molar-refractivity contribution < 1.29 is 14.0 Å². The van der Waals surface area contributed by atoms with Gasteiger partial charge in [-0.05, 0) is 42.8 Å². The summed E-state index contributed by atoms with van der Waals surface area (Å²) in [6, 6.07) is 0. The summed E-state index contributed by atoms with van der Waals surface area (Å²) in [5, 5.41) is 0.252. The van der Waals surface area contributed by atoms with Gasteiger partial charge < -0.3 is 9.16 Å². The molecule has 0 aliphatic heterocycles. The molecule has 126 valence electrons. The largest absolute Gasteiger partial charge is 0.462 e. The summed E-state index contributed by atoms with van der Waals surface area (Å²) in [4.78, 5) is 11.1. The van der Waals surface area contributed by atoms with Gasteiger partial charge in [0.05, 0.1) is 0 Å². The Bertz CT molecular complexity index is 320. The quantitative estimate of drug-likeness (QED) is 0.466. The first-order valence-corrected chi connectivity index (χ1v) is 11.1. The zero-order valence-corrected chi connectivity index (χ0v) is 16.6. The van der Waals surface area contributed by atoms with Gasteiger partial charge in [-0.2, -0.15) is 0 Å². The molecule has 0 spiro atoms. The van der Waals surface area contributed by atoms with E-state index in [9.17, 15) is 4.79 Å². The number of hydrogen-bond donors (Lipinski definition) is 0. The molecule has 0 aromatic rings. The average Bonchev–Trinajstić information content (AvgIpc) is 2.31. The molecule has 0 aromatic heterocycles. The van der Waals surface area contributed by atoms with Gasteiger partial charge in [0.1, 0.15) is 6.10 Å². The van der Waals surface area contributed by atoms with E-state index >= 15 is 0 Å². The molecule has 0 fully saturated rings. The van der Waals surface area contributed by atoms with Gasteiger partial charge in [-0.25, -0.2) is 0 Å². The first kappa shape index (κ1) is 20.6. The van der Waals surface area contributed by atoms with Crippen LogP contribution in [-0.2, 0) is 14.0 Å². The van der Waals surface area contributed by atoms with Crippen LogP contribution in [0.1, 0.15) is 61.3 Å². The van der Waals surface area contributed by atoms with E-state index in [4.69, 9.17) is 9.16 Å². The average molecular weight is 317 g/mol. The van der Waals surface area contributed by atoms with Gasteiger partial charge in [-0.15, -0.1) is 0 Å². The Labute approximate surface area is 132 Å². The molecule has 0 unspecified atom stereocenters. The predicted molar refractivity (Wildman–Crippen MR) is 91.9 cm³/mol. The van der Waals surface area contributed by atoms with Crippen LogP contribution < -0.4 is 0 Å². The molecule has 3 nitrogen and oxygen atoms in total. The maximum absolute atomic E-state index is 11.1. The van der Waals surface area contributed by atoms with E-state index in [1.54, 1.807) is 0 Å². The topological polar surface area (TPSA) is 35.5 Å². The number of ether oxygens (including phenoxy) is 1. The van der Waals surface area contributed by atoms with Gasteiger partial charge in [0.2, 0.25) is 0 Å². The molecule has 0 aromatic carbocycles. The fourth-order valence-corrected chi connectivity index (χ4v) is 3.37. The van der Waals surface area contributed by atoms with Gasteiger partial charge in [0.25, 0.3) is 0 Å². The minimum Gasteiger partial charge on any atom is -0.462 e. The van der Waals surface area contributed by atoms with E-state index in [2.05, 4.69) is 54.6 Å². The minimum atomic E-state index is -1.67. The highest BCUT2D eigenvalue weighted by Gasteiger charge is 2.37. The van der Waals surface area contributed by atoms with Gasteiger partial charge in [-0.3, -0.25) is 4.79 Å². The number of carbonyl (C=O) groups excluding carboxylic acids is 1. The molecular formula is C17H36O3Si. The Balaban J connectivity index is 4.37. The van der Waals surface area contributed by atoms with Crippen LogP contribution in [0.4, 0.5) is 0 Å². The fraction of sp³-hybridized carbons (Fsp3) is 0.941. The van der Waals surface area contributed by atoms with E-state index in [-0.39, 0.29) is 17.1 Å². The molecule has 0 aliphatic rings. The Kier molecular flexibility index (Phi) is 8.18. The molecule has 0 bridgehead atoms. The monoisotopic (exact) mass is 316 g/mol. The van der Waals surface area contributed by atoms with E-state index < -0.39 is 8.32 Å². The molecule has 21 heavy (non-hydrogen) atoms. The Morgan fingerprint density at radius 2 is 1.71 bits per heavy atom. The lowest BCUT2D eigenvalue weighted by atomic mass is 9.92. The van der Waals surface area contributed by atoms with Crippen LogP contribution >= 0.6 is 0 Å². The molecule has 0 radical (unpaired) electrons. The summed E-state index contributed by atoms with van der Waals surface area (Å²) in [5.74, 6) is 0.675. The zero-order valence-electron chi connectivity index (χ0n) is 15.6. The van der Waals surface area contributed by atoms with Crippen molar-refractivity contribution >= 4 is 14.3 Å². The van der Waals surface area contributed by atoms with Crippen molar-refractivity contribution in [1.82, 2.24) is 0 Å². The summed E-state index contributed by atoms with van der Waals surface area (Å²) >= 11 is 0. The van der Waals surface area contributed by atoms with E-state index in [1.807, 2.05) is 0 Å². The smallest absolute Gasteiger partial charge is 0.302 e. The van der Waals surface area contributed by atoms with Crippen molar-refractivity contribution in [2.24, 2.45) is 11.8 Å². The number of esters is 1. The molecule has 0 heterocycles. The van der Waals surface area contributed by atoms with Crippen molar-refractivity contribution in [3.8, 4) is 0 Å². The highest BCUT2D eigenvalue weighted by molar-refractivity contribution is 6.74. The Morgan fingerprint density at radius 1 is 1.19 bits per heavy atom. The highest BCUT2D eigenvalue weighted by Crippen LogP contribution is 2.37. The molecular weight excluding hydrogens is 280 g/mol. The molecule has 0 rings (SSSR count). The van der Waals surface area contributed by atoms with Crippen LogP contribution in [-0.4, -0.2) is 27.0 Å². The third-order valence-electron chi connectivity index (χ3n) is 4.66. The Hall–Kier alpha value is -0.353. The number of hydrogen-bond acceptors (Lipinski definition) is 3. The van der Waals surface area contributed by atoms with Crippen LogP contribution in [0.3, 0.4) is 0 Å². The molecule has 0 aliphatic carbocycles. The summed E-state index contributed by atoms with van der Waals surface area (Å²) < 4.78 is 11.7. The Morgan fingerprint density at radius 3 is 2.10 bits per heavy atom. The minimum absolute atomic E-state index is 0.0258. The standard InChI is InChI=1S/C17H36O3Si/c1-10-16(20-15(4)18)14(3)11-13(2)12-19-21(8,9)17(5,6)7/h13-14,16H,10-12H2,1-9H3/t13-,14+,16-/m1/s1. The maximum atomic E-state index is 11.1. The van der Waals surface area contributed by atoms with Gasteiger partial charge in [0, 0.05) is 13.5 Å². The maximum Gasteiger partial charge on any atom is 0.302 e. The molecule has 0 N–H and O–H groups in total. The third kappa shape index (κ3) is 7.46. The van der Waals surface area contributed by atoms with Crippen molar-refractivity contribution in [2.75, 3.05) is 6.61 Å². The normalized spacial score (nSPS) is 17.2. The van der Waals surface area contributed by atoms with Crippen molar-refractivity contribution in [2.45, 2.75) is 85.5 Å².